The van der Waals surface area contributed by atoms with Gasteiger partial charge in [0, 0.05) is 24.3 Å². The third kappa shape index (κ3) is 3.63. The molecule has 1 aliphatic heterocycles. The zero-order valence-corrected chi connectivity index (χ0v) is 13.1. The fraction of sp³-hybridized carbons (Fsp3) is 0.824. The summed E-state index contributed by atoms with van der Waals surface area (Å²) < 4.78 is 5.68. The van der Waals surface area contributed by atoms with Crippen LogP contribution in [0.1, 0.15) is 72.1 Å². The van der Waals surface area contributed by atoms with Crippen molar-refractivity contribution >= 4 is 5.78 Å². The predicted octanol–water partition coefficient (Wildman–Crippen LogP) is 3.95. The molecule has 3 nitrogen and oxygen atoms in total. The van der Waals surface area contributed by atoms with Gasteiger partial charge in [-0.2, -0.15) is 0 Å². The summed E-state index contributed by atoms with van der Waals surface area (Å²) in [4.78, 5) is 12.3. The molecule has 0 spiro atoms. The standard InChI is InChI=1S/C17H28O3/c1-4-5-6-7-8-12-9-13-14(18)10-17(2,3)11-15(13)20-16(12)19/h12,16,19H,4-11H2,1-3H3/t12-,16?/m1/s1. The quantitative estimate of drug-likeness (QED) is 0.775. The number of allylic oxidation sites excluding steroid dienone is 2. The van der Waals surface area contributed by atoms with Crippen molar-refractivity contribution in [3.63, 3.8) is 0 Å². The van der Waals surface area contributed by atoms with Crippen LogP contribution in [0.3, 0.4) is 0 Å². The molecule has 0 bridgehead atoms. The molecular formula is C17H28O3. The molecule has 2 rings (SSSR count). The summed E-state index contributed by atoms with van der Waals surface area (Å²) in [7, 11) is 0. The molecule has 114 valence electrons. The third-order valence-corrected chi connectivity index (χ3v) is 4.51. The maximum atomic E-state index is 12.3. The summed E-state index contributed by atoms with van der Waals surface area (Å²) in [6.07, 6.45) is 7.08. The van der Waals surface area contributed by atoms with Crippen molar-refractivity contribution in [1.29, 1.82) is 0 Å². The number of ketones is 1. The van der Waals surface area contributed by atoms with Gasteiger partial charge in [-0.05, 0) is 18.3 Å². The van der Waals surface area contributed by atoms with Crippen molar-refractivity contribution in [1.82, 2.24) is 0 Å². The van der Waals surface area contributed by atoms with E-state index >= 15 is 0 Å². The Bertz CT molecular complexity index is 395. The lowest BCUT2D eigenvalue weighted by atomic mass is 9.73. The van der Waals surface area contributed by atoms with Crippen LogP contribution in [0, 0.1) is 11.3 Å². The molecule has 0 aromatic rings. The van der Waals surface area contributed by atoms with Crippen LogP contribution in [0.25, 0.3) is 0 Å². The van der Waals surface area contributed by atoms with Crippen molar-refractivity contribution in [2.45, 2.75) is 78.4 Å². The Morgan fingerprint density at radius 3 is 2.70 bits per heavy atom. The van der Waals surface area contributed by atoms with Gasteiger partial charge in [0.25, 0.3) is 0 Å². The van der Waals surface area contributed by atoms with Gasteiger partial charge in [0.15, 0.2) is 12.1 Å². The number of aliphatic hydroxyl groups excluding tert-OH is 1. The van der Waals surface area contributed by atoms with Gasteiger partial charge in [-0.3, -0.25) is 4.79 Å². The number of aliphatic hydroxyl groups is 1. The predicted molar refractivity (Wildman–Crippen MR) is 79.0 cm³/mol. The second-order valence-corrected chi connectivity index (χ2v) is 7.16. The Morgan fingerprint density at radius 2 is 2.00 bits per heavy atom. The lowest BCUT2D eigenvalue weighted by Gasteiger charge is -2.38. The van der Waals surface area contributed by atoms with E-state index in [-0.39, 0.29) is 17.1 Å². The zero-order valence-electron chi connectivity index (χ0n) is 13.1. The van der Waals surface area contributed by atoms with E-state index in [1.165, 1.54) is 19.3 Å². The number of rotatable bonds is 5. The average molecular weight is 280 g/mol. The van der Waals surface area contributed by atoms with Crippen LogP contribution in [-0.2, 0) is 9.53 Å². The zero-order chi connectivity index (χ0) is 14.8. The molecule has 2 atom stereocenters. The summed E-state index contributed by atoms with van der Waals surface area (Å²) >= 11 is 0. The first-order valence-electron chi connectivity index (χ1n) is 8.03. The van der Waals surface area contributed by atoms with Gasteiger partial charge >= 0.3 is 0 Å². The molecular weight excluding hydrogens is 252 g/mol. The molecule has 0 saturated carbocycles. The highest BCUT2D eigenvalue weighted by molar-refractivity contribution is 5.97. The number of unbranched alkanes of at least 4 members (excludes halogenated alkanes) is 3. The Morgan fingerprint density at radius 1 is 1.25 bits per heavy atom. The van der Waals surface area contributed by atoms with Crippen LogP contribution in [0.4, 0.5) is 0 Å². The second-order valence-electron chi connectivity index (χ2n) is 7.16. The summed E-state index contributed by atoms with van der Waals surface area (Å²) in [5.74, 6) is 1.07. The first kappa shape index (κ1) is 15.6. The largest absolute Gasteiger partial charge is 0.469 e. The minimum Gasteiger partial charge on any atom is -0.469 e. The second kappa shape index (κ2) is 6.30. The monoisotopic (exact) mass is 280 g/mol. The Labute approximate surface area is 122 Å². The van der Waals surface area contributed by atoms with Crippen LogP contribution >= 0.6 is 0 Å². The number of carbonyl (C=O) groups excluding carboxylic acids is 1. The first-order chi connectivity index (χ1) is 9.43. The van der Waals surface area contributed by atoms with E-state index in [1.54, 1.807) is 0 Å². The minimum absolute atomic E-state index is 0.0381. The maximum absolute atomic E-state index is 12.3. The molecule has 0 fully saturated rings. The number of Topliss-reactive ketones (excluding diaryl/α,β-unsaturated/α-hetero) is 1. The molecule has 0 radical (unpaired) electrons. The topological polar surface area (TPSA) is 46.5 Å². The Kier molecular flexibility index (Phi) is 4.90. The molecule has 0 aromatic heterocycles. The van der Waals surface area contributed by atoms with Gasteiger partial charge in [0.2, 0.25) is 0 Å². The van der Waals surface area contributed by atoms with E-state index in [1.807, 2.05) is 0 Å². The number of hydrogen-bond acceptors (Lipinski definition) is 3. The van der Waals surface area contributed by atoms with Gasteiger partial charge in [-0.15, -0.1) is 0 Å². The van der Waals surface area contributed by atoms with Crippen molar-refractivity contribution in [3.8, 4) is 0 Å². The summed E-state index contributed by atoms with van der Waals surface area (Å²) in [6.45, 7) is 6.36. The lowest BCUT2D eigenvalue weighted by molar-refractivity contribution is -0.136. The minimum atomic E-state index is -0.725. The van der Waals surface area contributed by atoms with E-state index in [2.05, 4.69) is 20.8 Å². The molecule has 1 heterocycles. The smallest absolute Gasteiger partial charge is 0.200 e. The highest BCUT2D eigenvalue weighted by Gasteiger charge is 2.40. The van der Waals surface area contributed by atoms with E-state index in [4.69, 9.17) is 4.74 Å². The van der Waals surface area contributed by atoms with Gasteiger partial charge in [0.05, 0.1) is 0 Å². The van der Waals surface area contributed by atoms with Crippen LogP contribution in [0.15, 0.2) is 11.3 Å². The van der Waals surface area contributed by atoms with Gasteiger partial charge in [-0.25, -0.2) is 0 Å². The van der Waals surface area contributed by atoms with Crippen LogP contribution in [0.5, 0.6) is 0 Å². The van der Waals surface area contributed by atoms with E-state index in [9.17, 15) is 9.90 Å². The molecule has 0 saturated heterocycles. The highest BCUT2D eigenvalue weighted by atomic mass is 16.6. The van der Waals surface area contributed by atoms with E-state index in [0.717, 1.165) is 30.6 Å². The SMILES string of the molecule is CCCCCC[C@@H]1CC2=C(CC(C)(C)CC2=O)OC1O. The molecule has 1 aliphatic carbocycles. The first-order valence-corrected chi connectivity index (χ1v) is 8.03. The summed E-state index contributed by atoms with van der Waals surface area (Å²) in [6, 6.07) is 0. The summed E-state index contributed by atoms with van der Waals surface area (Å²) in [5.41, 5.74) is 0.818. The van der Waals surface area contributed by atoms with Gasteiger partial charge in [-0.1, -0.05) is 46.5 Å². The fourth-order valence-electron chi connectivity index (χ4n) is 3.32. The average Bonchev–Trinajstić information content (AvgIpc) is 2.34. The Balaban J connectivity index is 1.98. The number of carbonyl (C=O) groups is 1. The van der Waals surface area contributed by atoms with E-state index < -0.39 is 6.29 Å². The number of hydrogen-bond donors (Lipinski definition) is 1. The van der Waals surface area contributed by atoms with Gasteiger partial charge < -0.3 is 9.84 Å². The maximum Gasteiger partial charge on any atom is 0.200 e. The van der Waals surface area contributed by atoms with Crippen LogP contribution in [-0.4, -0.2) is 17.2 Å². The lowest BCUT2D eigenvalue weighted by Crippen LogP contribution is -2.36. The highest BCUT2D eigenvalue weighted by Crippen LogP contribution is 2.43. The van der Waals surface area contributed by atoms with Gasteiger partial charge in [0.1, 0.15) is 5.76 Å². The van der Waals surface area contributed by atoms with Crippen LogP contribution < -0.4 is 0 Å². The molecule has 1 unspecified atom stereocenters. The molecule has 0 aromatic carbocycles. The van der Waals surface area contributed by atoms with Crippen molar-refractivity contribution < 1.29 is 14.6 Å². The molecule has 3 heteroatoms. The normalized spacial score (nSPS) is 29.1. The van der Waals surface area contributed by atoms with Crippen LogP contribution in [0.2, 0.25) is 0 Å². The van der Waals surface area contributed by atoms with Crippen molar-refractivity contribution in [2.75, 3.05) is 0 Å². The Hall–Kier alpha value is -0.830. The van der Waals surface area contributed by atoms with E-state index in [0.29, 0.717) is 12.8 Å². The third-order valence-electron chi connectivity index (χ3n) is 4.51. The fourth-order valence-corrected chi connectivity index (χ4v) is 3.32. The molecule has 2 aliphatic rings. The summed E-state index contributed by atoms with van der Waals surface area (Å²) in [5, 5.41) is 10.2. The molecule has 20 heavy (non-hydrogen) atoms. The number of ether oxygens (including phenoxy) is 1. The van der Waals surface area contributed by atoms with Crippen molar-refractivity contribution in [2.24, 2.45) is 11.3 Å². The molecule has 1 N–H and O–H groups in total. The van der Waals surface area contributed by atoms with Crippen molar-refractivity contribution in [3.05, 3.63) is 11.3 Å². The molecule has 0 amide bonds.